The molecule has 0 saturated carbocycles. The predicted molar refractivity (Wildman–Crippen MR) is 96.3 cm³/mol. The normalized spacial score (nSPS) is 11.9. The fourth-order valence-electron chi connectivity index (χ4n) is 2.02. The molecule has 11 heteroatoms. The van der Waals surface area contributed by atoms with Crippen molar-refractivity contribution >= 4 is 21.8 Å². The molecule has 0 unspecified atom stereocenters. The van der Waals surface area contributed by atoms with Crippen LogP contribution in [0.25, 0.3) is 0 Å². The standard InChI is InChI=1S/C16H24FN3O6S/c1-16(2,3)26-15(21)18-9-5-4-6-10-19-27(24,25)12-7-8-14(20(22)23)13(17)11-12/h7-8,11,19H,4-6,9-10H2,1-3H3,(H,18,21). The number of rotatable bonds is 9. The number of unbranched alkanes of at least 4 members (excludes halogenated alkanes) is 2. The molecule has 0 aromatic heterocycles. The molecule has 0 heterocycles. The Hall–Kier alpha value is -2.27. The topological polar surface area (TPSA) is 128 Å². The minimum absolute atomic E-state index is 0.118. The fraction of sp³-hybridized carbons (Fsp3) is 0.562. The van der Waals surface area contributed by atoms with Crippen molar-refractivity contribution in [3.8, 4) is 0 Å². The average Bonchev–Trinajstić information content (AvgIpc) is 2.51. The van der Waals surface area contributed by atoms with E-state index in [4.69, 9.17) is 4.74 Å². The first-order valence-electron chi connectivity index (χ1n) is 8.33. The molecule has 0 fully saturated rings. The van der Waals surface area contributed by atoms with Gasteiger partial charge in [0.2, 0.25) is 15.8 Å². The van der Waals surface area contributed by atoms with E-state index in [1.54, 1.807) is 20.8 Å². The number of sulfonamides is 1. The van der Waals surface area contributed by atoms with Gasteiger partial charge in [-0.2, -0.15) is 4.39 Å². The Bertz CT molecular complexity index is 777. The maximum Gasteiger partial charge on any atom is 0.407 e. The second-order valence-electron chi connectivity index (χ2n) is 6.76. The van der Waals surface area contributed by atoms with Gasteiger partial charge in [-0.25, -0.2) is 17.9 Å². The third kappa shape index (κ3) is 8.31. The Labute approximate surface area is 157 Å². The van der Waals surface area contributed by atoms with Crippen molar-refractivity contribution in [2.75, 3.05) is 13.1 Å². The number of carbonyl (C=O) groups is 1. The van der Waals surface area contributed by atoms with Crippen molar-refractivity contribution < 1.29 is 27.3 Å². The van der Waals surface area contributed by atoms with Gasteiger partial charge in [0.25, 0.3) is 0 Å². The Morgan fingerprint density at radius 3 is 2.41 bits per heavy atom. The van der Waals surface area contributed by atoms with Gasteiger partial charge in [-0.05, 0) is 39.7 Å². The van der Waals surface area contributed by atoms with Crippen molar-refractivity contribution in [3.63, 3.8) is 0 Å². The van der Waals surface area contributed by atoms with E-state index in [1.807, 2.05) is 0 Å². The summed E-state index contributed by atoms with van der Waals surface area (Å²) in [6.45, 7) is 5.79. The largest absolute Gasteiger partial charge is 0.444 e. The van der Waals surface area contributed by atoms with Gasteiger partial charge in [0, 0.05) is 25.2 Å². The van der Waals surface area contributed by atoms with Gasteiger partial charge in [-0.3, -0.25) is 10.1 Å². The molecule has 1 amide bonds. The van der Waals surface area contributed by atoms with Crippen molar-refractivity contribution in [3.05, 3.63) is 34.1 Å². The SMILES string of the molecule is CC(C)(C)OC(=O)NCCCCCNS(=O)(=O)c1ccc([N+](=O)[O-])c(F)c1. The van der Waals surface area contributed by atoms with Crippen LogP contribution >= 0.6 is 0 Å². The lowest BCUT2D eigenvalue weighted by atomic mass is 10.2. The van der Waals surface area contributed by atoms with Crippen LogP contribution < -0.4 is 10.0 Å². The van der Waals surface area contributed by atoms with Crippen LogP contribution in [0.2, 0.25) is 0 Å². The van der Waals surface area contributed by atoms with Crippen molar-refractivity contribution in [2.45, 2.75) is 50.5 Å². The number of amides is 1. The van der Waals surface area contributed by atoms with E-state index in [1.165, 1.54) is 0 Å². The van der Waals surface area contributed by atoms with E-state index in [2.05, 4.69) is 10.0 Å². The molecule has 1 aromatic rings. The minimum atomic E-state index is -3.95. The number of hydrogen-bond donors (Lipinski definition) is 2. The first-order valence-corrected chi connectivity index (χ1v) is 9.81. The molecular formula is C16H24FN3O6S. The van der Waals surface area contributed by atoms with Crippen molar-refractivity contribution in [2.24, 2.45) is 0 Å². The first-order chi connectivity index (χ1) is 12.4. The molecule has 0 aliphatic rings. The number of ether oxygens (including phenoxy) is 1. The van der Waals surface area contributed by atoms with Gasteiger partial charge >= 0.3 is 11.8 Å². The summed E-state index contributed by atoms with van der Waals surface area (Å²) in [5.41, 5.74) is -1.36. The fourth-order valence-corrected chi connectivity index (χ4v) is 3.11. The molecule has 0 spiro atoms. The van der Waals surface area contributed by atoms with E-state index in [-0.39, 0.29) is 11.4 Å². The molecular weight excluding hydrogens is 381 g/mol. The van der Waals surface area contributed by atoms with Crippen LogP contribution in [-0.2, 0) is 14.8 Å². The lowest BCUT2D eigenvalue weighted by molar-refractivity contribution is -0.387. The first kappa shape index (κ1) is 22.8. The van der Waals surface area contributed by atoms with Gasteiger partial charge in [0.05, 0.1) is 9.82 Å². The van der Waals surface area contributed by atoms with Crippen molar-refractivity contribution in [1.29, 1.82) is 0 Å². The van der Waals surface area contributed by atoms with Crippen molar-refractivity contribution in [1.82, 2.24) is 10.0 Å². The third-order valence-electron chi connectivity index (χ3n) is 3.24. The highest BCUT2D eigenvalue weighted by molar-refractivity contribution is 7.89. The number of nitro groups is 1. The van der Waals surface area contributed by atoms with Gasteiger partial charge in [-0.1, -0.05) is 6.42 Å². The summed E-state index contributed by atoms with van der Waals surface area (Å²) < 4.78 is 45.0. The van der Waals surface area contributed by atoms with E-state index in [0.717, 1.165) is 12.1 Å². The summed E-state index contributed by atoms with van der Waals surface area (Å²) in [5.74, 6) is -1.21. The molecule has 1 rings (SSSR count). The zero-order chi connectivity index (χ0) is 20.7. The maximum atomic E-state index is 13.5. The van der Waals surface area contributed by atoms with Crippen LogP contribution in [-0.4, -0.2) is 38.1 Å². The second-order valence-corrected chi connectivity index (χ2v) is 8.52. The van der Waals surface area contributed by atoms with E-state index in [9.17, 15) is 27.7 Å². The van der Waals surface area contributed by atoms with Crippen LogP contribution in [0.4, 0.5) is 14.9 Å². The minimum Gasteiger partial charge on any atom is -0.444 e. The number of nitro benzene ring substituents is 1. The molecule has 0 atom stereocenters. The summed E-state index contributed by atoms with van der Waals surface area (Å²) in [7, 11) is -3.95. The molecule has 0 aliphatic heterocycles. The number of nitrogens with one attached hydrogen (secondary N) is 2. The number of hydrogen-bond acceptors (Lipinski definition) is 6. The van der Waals surface area contributed by atoms with Crippen LogP contribution in [0.5, 0.6) is 0 Å². The number of alkyl carbamates (subject to hydrolysis) is 1. The average molecular weight is 405 g/mol. The molecule has 152 valence electrons. The summed E-state index contributed by atoms with van der Waals surface area (Å²) in [6, 6.07) is 2.41. The molecule has 1 aromatic carbocycles. The van der Waals surface area contributed by atoms with Crippen LogP contribution in [0.1, 0.15) is 40.0 Å². The van der Waals surface area contributed by atoms with Gasteiger partial charge in [0.1, 0.15) is 5.60 Å². The maximum absolute atomic E-state index is 13.5. The third-order valence-corrected chi connectivity index (χ3v) is 4.70. The zero-order valence-corrected chi connectivity index (χ0v) is 16.3. The summed E-state index contributed by atoms with van der Waals surface area (Å²) >= 11 is 0. The van der Waals surface area contributed by atoms with Gasteiger partial charge in [0.15, 0.2) is 0 Å². The number of carbonyl (C=O) groups excluding carboxylic acids is 1. The zero-order valence-electron chi connectivity index (χ0n) is 15.5. The predicted octanol–water partition coefficient (Wildman–Crippen LogP) is 2.71. The smallest absolute Gasteiger partial charge is 0.407 e. The molecule has 2 N–H and O–H groups in total. The molecule has 0 radical (unpaired) electrons. The number of benzene rings is 1. The highest BCUT2D eigenvalue weighted by Crippen LogP contribution is 2.20. The summed E-state index contributed by atoms with van der Waals surface area (Å²) in [4.78, 5) is 20.7. The summed E-state index contributed by atoms with van der Waals surface area (Å²) in [5, 5.41) is 13.2. The van der Waals surface area contributed by atoms with E-state index in [0.29, 0.717) is 31.9 Å². The lowest BCUT2D eigenvalue weighted by Gasteiger charge is -2.19. The monoisotopic (exact) mass is 405 g/mol. The Balaban J connectivity index is 2.34. The Kier molecular flexibility index (Phi) is 8.10. The number of nitrogens with zero attached hydrogens (tertiary/aromatic N) is 1. The summed E-state index contributed by atoms with van der Waals surface area (Å²) in [6.07, 6.45) is 1.27. The van der Waals surface area contributed by atoms with Crippen LogP contribution in [0.3, 0.4) is 0 Å². The van der Waals surface area contributed by atoms with Gasteiger partial charge in [-0.15, -0.1) is 0 Å². The molecule has 27 heavy (non-hydrogen) atoms. The number of halogens is 1. The molecule has 0 saturated heterocycles. The molecule has 0 bridgehead atoms. The highest BCUT2D eigenvalue weighted by atomic mass is 32.2. The van der Waals surface area contributed by atoms with Crippen LogP contribution in [0.15, 0.2) is 23.1 Å². The van der Waals surface area contributed by atoms with E-state index < -0.39 is 38.1 Å². The van der Waals surface area contributed by atoms with E-state index >= 15 is 0 Å². The molecule has 0 aliphatic carbocycles. The molecule has 9 nitrogen and oxygen atoms in total. The second kappa shape index (κ2) is 9.60. The Morgan fingerprint density at radius 2 is 1.85 bits per heavy atom. The lowest BCUT2D eigenvalue weighted by Crippen LogP contribution is -2.33. The van der Waals surface area contributed by atoms with Gasteiger partial charge < -0.3 is 10.1 Å². The Morgan fingerprint density at radius 1 is 1.22 bits per heavy atom. The highest BCUT2D eigenvalue weighted by Gasteiger charge is 2.20. The van der Waals surface area contributed by atoms with Crippen LogP contribution in [0, 0.1) is 15.9 Å². The quantitative estimate of drug-likeness (QED) is 0.369.